The van der Waals surface area contributed by atoms with Crippen molar-refractivity contribution in [2.45, 2.75) is 19.3 Å². The molecule has 0 atom stereocenters. The van der Waals surface area contributed by atoms with Gasteiger partial charge in [0.1, 0.15) is 11.6 Å². The van der Waals surface area contributed by atoms with E-state index in [2.05, 4.69) is 21.9 Å². The lowest BCUT2D eigenvalue weighted by atomic mass is 9.89. The maximum atomic E-state index is 13.1. The third-order valence-corrected chi connectivity index (χ3v) is 6.17. The number of halogens is 1. The normalized spacial score (nSPS) is 18.2. The lowest BCUT2D eigenvalue weighted by Crippen LogP contribution is -2.37. The van der Waals surface area contributed by atoms with Gasteiger partial charge in [0.25, 0.3) is 0 Å². The summed E-state index contributed by atoms with van der Waals surface area (Å²) in [5.74, 6) is 0.790. The molecule has 2 aromatic carbocycles. The molecule has 0 amide bonds. The van der Waals surface area contributed by atoms with Crippen LogP contribution in [0.2, 0.25) is 0 Å². The van der Waals surface area contributed by atoms with Crippen molar-refractivity contribution in [3.05, 3.63) is 59.9 Å². The fourth-order valence-electron chi connectivity index (χ4n) is 4.34. The van der Waals surface area contributed by atoms with Crippen LogP contribution in [0.1, 0.15) is 29.6 Å². The van der Waals surface area contributed by atoms with Crippen molar-refractivity contribution in [1.29, 1.82) is 0 Å². The van der Waals surface area contributed by atoms with E-state index < -0.39 is 0 Å². The van der Waals surface area contributed by atoms with E-state index in [1.54, 1.807) is 12.1 Å². The van der Waals surface area contributed by atoms with Crippen LogP contribution in [-0.4, -0.2) is 63.2 Å². The number of piperidine rings is 1. The zero-order valence-corrected chi connectivity index (χ0v) is 18.0. The molecule has 0 radical (unpaired) electrons. The van der Waals surface area contributed by atoms with E-state index >= 15 is 0 Å². The molecule has 2 fully saturated rings. The van der Waals surface area contributed by atoms with Gasteiger partial charge in [-0.05, 0) is 68.8 Å². The summed E-state index contributed by atoms with van der Waals surface area (Å²) >= 11 is 0. The standard InChI is InChI=1S/C25H31FN2O3/c26-22-7-5-20(6-8-22)25(29)21-9-12-27(13-10-21)11-2-16-31-24-4-1-3-23(19-24)28-14-17-30-18-15-28/h1,3-8,19,21H,2,9-18H2. The quantitative estimate of drug-likeness (QED) is 0.471. The molecule has 0 spiro atoms. The van der Waals surface area contributed by atoms with Gasteiger partial charge in [0.2, 0.25) is 0 Å². The molecule has 2 heterocycles. The van der Waals surface area contributed by atoms with E-state index in [-0.39, 0.29) is 17.5 Å². The second-order valence-electron chi connectivity index (χ2n) is 8.29. The first-order valence-electron chi connectivity index (χ1n) is 11.3. The zero-order valence-electron chi connectivity index (χ0n) is 18.0. The van der Waals surface area contributed by atoms with E-state index in [0.717, 1.165) is 70.9 Å². The lowest BCUT2D eigenvalue weighted by molar-refractivity contribution is 0.0835. The van der Waals surface area contributed by atoms with Crippen molar-refractivity contribution in [1.82, 2.24) is 4.90 Å². The molecule has 0 saturated carbocycles. The Labute approximate surface area is 183 Å². The Morgan fingerprint density at radius 1 is 1.03 bits per heavy atom. The maximum Gasteiger partial charge on any atom is 0.166 e. The Balaban J connectivity index is 1.16. The Kier molecular flexibility index (Phi) is 7.54. The predicted molar refractivity (Wildman–Crippen MR) is 119 cm³/mol. The van der Waals surface area contributed by atoms with Crippen molar-refractivity contribution in [3.8, 4) is 5.75 Å². The van der Waals surface area contributed by atoms with E-state index in [4.69, 9.17) is 9.47 Å². The number of hydrogen-bond acceptors (Lipinski definition) is 5. The number of ether oxygens (including phenoxy) is 2. The highest BCUT2D eigenvalue weighted by atomic mass is 19.1. The van der Waals surface area contributed by atoms with Gasteiger partial charge in [-0.2, -0.15) is 0 Å². The molecule has 2 saturated heterocycles. The van der Waals surface area contributed by atoms with E-state index in [9.17, 15) is 9.18 Å². The van der Waals surface area contributed by atoms with Crippen molar-refractivity contribution >= 4 is 11.5 Å². The average molecular weight is 427 g/mol. The van der Waals surface area contributed by atoms with Crippen molar-refractivity contribution < 1.29 is 18.7 Å². The van der Waals surface area contributed by atoms with Crippen LogP contribution in [0.15, 0.2) is 48.5 Å². The van der Waals surface area contributed by atoms with Gasteiger partial charge in [0.15, 0.2) is 5.78 Å². The first-order chi connectivity index (χ1) is 15.2. The van der Waals surface area contributed by atoms with Crippen LogP contribution in [-0.2, 0) is 4.74 Å². The highest BCUT2D eigenvalue weighted by Gasteiger charge is 2.25. The largest absolute Gasteiger partial charge is 0.493 e. The summed E-state index contributed by atoms with van der Waals surface area (Å²) in [4.78, 5) is 17.3. The molecule has 2 aliphatic heterocycles. The number of benzene rings is 2. The Hall–Kier alpha value is -2.44. The molecule has 5 nitrogen and oxygen atoms in total. The first-order valence-corrected chi connectivity index (χ1v) is 11.3. The SMILES string of the molecule is O=C(c1ccc(F)cc1)C1CCN(CCCOc2cccc(N3CCOCC3)c2)CC1. The van der Waals surface area contributed by atoms with Gasteiger partial charge in [-0.15, -0.1) is 0 Å². The maximum absolute atomic E-state index is 13.1. The molecule has 0 unspecified atom stereocenters. The molecular weight excluding hydrogens is 395 g/mol. The number of ketones is 1. The second-order valence-corrected chi connectivity index (χ2v) is 8.29. The molecule has 2 aromatic rings. The number of likely N-dealkylation sites (tertiary alicyclic amines) is 1. The number of carbonyl (C=O) groups excluding carboxylic acids is 1. The van der Waals surface area contributed by atoms with Crippen LogP contribution in [0, 0.1) is 11.7 Å². The minimum atomic E-state index is -0.304. The summed E-state index contributed by atoms with van der Waals surface area (Å²) in [6.45, 7) is 6.89. The Morgan fingerprint density at radius 2 is 1.77 bits per heavy atom. The Morgan fingerprint density at radius 3 is 2.52 bits per heavy atom. The summed E-state index contributed by atoms with van der Waals surface area (Å²) in [5, 5.41) is 0. The van der Waals surface area contributed by atoms with Crippen LogP contribution >= 0.6 is 0 Å². The van der Waals surface area contributed by atoms with Gasteiger partial charge in [-0.1, -0.05) is 6.07 Å². The number of rotatable bonds is 8. The number of nitrogens with zero attached hydrogens (tertiary/aromatic N) is 2. The first kappa shape index (κ1) is 21.8. The van der Waals surface area contributed by atoms with Gasteiger partial charge in [0, 0.05) is 42.9 Å². The summed E-state index contributed by atoms with van der Waals surface area (Å²) in [6.07, 6.45) is 2.68. The molecule has 4 rings (SSSR count). The molecule has 6 heteroatoms. The molecule has 0 aliphatic carbocycles. The monoisotopic (exact) mass is 426 g/mol. The van der Waals surface area contributed by atoms with Crippen LogP contribution in [0.25, 0.3) is 0 Å². The van der Waals surface area contributed by atoms with Crippen LogP contribution in [0.5, 0.6) is 5.75 Å². The van der Waals surface area contributed by atoms with Gasteiger partial charge >= 0.3 is 0 Å². The summed E-state index contributed by atoms with van der Waals surface area (Å²) in [5.41, 5.74) is 1.81. The van der Waals surface area contributed by atoms with E-state index in [1.807, 2.05) is 12.1 Å². The van der Waals surface area contributed by atoms with Gasteiger partial charge in [-0.3, -0.25) is 4.79 Å². The van der Waals surface area contributed by atoms with Crippen molar-refractivity contribution in [2.24, 2.45) is 5.92 Å². The fourth-order valence-corrected chi connectivity index (χ4v) is 4.34. The van der Waals surface area contributed by atoms with E-state index in [1.165, 1.54) is 17.8 Å². The van der Waals surface area contributed by atoms with Gasteiger partial charge in [-0.25, -0.2) is 4.39 Å². The number of hydrogen-bond donors (Lipinski definition) is 0. The topological polar surface area (TPSA) is 42.0 Å². The molecule has 2 aliphatic rings. The number of carbonyl (C=O) groups is 1. The molecule has 0 aromatic heterocycles. The Bertz CT molecular complexity index is 844. The van der Waals surface area contributed by atoms with Crippen LogP contribution in [0.4, 0.5) is 10.1 Å². The fraction of sp³-hybridized carbons (Fsp3) is 0.480. The van der Waals surface area contributed by atoms with E-state index in [0.29, 0.717) is 12.2 Å². The number of Topliss-reactive ketones (excluding diaryl/α,β-unsaturated/α-hetero) is 1. The molecule has 31 heavy (non-hydrogen) atoms. The highest BCUT2D eigenvalue weighted by molar-refractivity contribution is 5.97. The average Bonchev–Trinajstić information content (AvgIpc) is 2.83. The smallest absolute Gasteiger partial charge is 0.166 e. The number of anilines is 1. The molecule has 0 bridgehead atoms. The van der Waals surface area contributed by atoms with Crippen molar-refractivity contribution in [3.63, 3.8) is 0 Å². The van der Waals surface area contributed by atoms with Crippen LogP contribution < -0.4 is 9.64 Å². The third-order valence-electron chi connectivity index (χ3n) is 6.17. The molecule has 0 N–H and O–H groups in total. The van der Waals surface area contributed by atoms with Crippen LogP contribution in [0.3, 0.4) is 0 Å². The number of morpholine rings is 1. The predicted octanol–water partition coefficient (Wildman–Crippen LogP) is 4.03. The minimum absolute atomic E-state index is 0.0425. The summed E-state index contributed by atoms with van der Waals surface area (Å²) in [6, 6.07) is 14.2. The third kappa shape index (κ3) is 6.05. The zero-order chi connectivity index (χ0) is 21.5. The molecular formula is C25H31FN2O3. The van der Waals surface area contributed by atoms with Crippen molar-refractivity contribution in [2.75, 3.05) is 57.4 Å². The molecule has 166 valence electrons. The lowest BCUT2D eigenvalue weighted by Gasteiger charge is -2.31. The second kappa shape index (κ2) is 10.7. The minimum Gasteiger partial charge on any atom is -0.493 e. The summed E-state index contributed by atoms with van der Waals surface area (Å²) in [7, 11) is 0. The van der Waals surface area contributed by atoms with Gasteiger partial charge in [0.05, 0.1) is 19.8 Å². The summed E-state index contributed by atoms with van der Waals surface area (Å²) < 4.78 is 24.5. The van der Waals surface area contributed by atoms with Gasteiger partial charge < -0.3 is 19.3 Å². The highest BCUT2D eigenvalue weighted by Crippen LogP contribution is 2.24.